The molecule has 0 spiro atoms. The molecule has 2 aromatic heterocycles. The Balaban J connectivity index is 1.29. The number of carbonyl (C=O) groups excluding carboxylic acids is 1. The zero-order chi connectivity index (χ0) is 20.8. The van der Waals surface area contributed by atoms with Gasteiger partial charge in [-0.15, -0.1) is 11.3 Å². The number of carbonyl (C=O) groups is 1. The molecule has 152 valence electrons. The first-order chi connectivity index (χ1) is 14.7. The number of hydrogen-bond donors (Lipinski definition) is 2. The molecule has 0 atom stereocenters. The van der Waals surface area contributed by atoms with E-state index in [0.717, 1.165) is 27.5 Å². The van der Waals surface area contributed by atoms with E-state index >= 15 is 0 Å². The summed E-state index contributed by atoms with van der Waals surface area (Å²) >= 11 is 1.63. The summed E-state index contributed by atoms with van der Waals surface area (Å²) in [5, 5.41) is 13.1. The average molecular weight is 418 g/mol. The van der Waals surface area contributed by atoms with Crippen molar-refractivity contribution in [1.29, 1.82) is 0 Å². The molecule has 4 aromatic rings. The predicted octanol–water partition coefficient (Wildman–Crippen LogP) is 4.73. The number of hydrogen-bond acceptors (Lipinski definition) is 4. The minimum atomic E-state index is -0.225. The first-order valence-electron chi connectivity index (χ1n) is 9.79. The quantitative estimate of drug-likeness (QED) is 0.457. The van der Waals surface area contributed by atoms with E-state index in [1.807, 2.05) is 46.6 Å². The van der Waals surface area contributed by atoms with Crippen molar-refractivity contribution in [3.05, 3.63) is 89.2 Å². The maximum Gasteiger partial charge on any atom is 0.319 e. The number of rotatable bonds is 7. The monoisotopic (exact) mass is 417 g/mol. The van der Waals surface area contributed by atoms with Crippen LogP contribution in [0.1, 0.15) is 16.8 Å². The zero-order valence-corrected chi connectivity index (χ0v) is 17.5. The molecule has 0 aliphatic carbocycles. The number of aromatic nitrogens is 3. The summed E-state index contributed by atoms with van der Waals surface area (Å²) in [6.45, 7) is 3.19. The van der Waals surface area contributed by atoms with E-state index in [1.54, 1.807) is 17.5 Å². The molecule has 0 fully saturated rings. The predicted molar refractivity (Wildman–Crippen MR) is 121 cm³/mol. The van der Waals surface area contributed by atoms with Crippen LogP contribution >= 0.6 is 11.3 Å². The van der Waals surface area contributed by atoms with Crippen LogP contribution in [0.3, 0.4) is 0 Å². The van der Waals surface area contributed by atoms with Crippen LogP contribution in [0.25, 0.3) is 10.6 Å². The van der Waals surface area contributed by atoms with Gasteiger partial charge in [-0.2, -0.15) is 5.10 Å². The SMILES string of the molecule is Cc1ccc(-c2nc(CCNC(=O)Nc3ccccc3Cn3cccn3)cs2)cc1. The number of anilines is 1. The van der Waals surface area contributed by atoms with Crippen molar-refractivity contribution in [3.8, 4) is 10.6 Å². The maximum absolute atomic E-state index is 12.4. The minimum Gasteiger partial charge on any atom is -0.337 e. The second kappa shape index (κ2) is 9.37. The van der Waals surface area contributed by atoms with E-state index < -0.39 is 0 Å². The molecule has 7 heteroatoms. The molecule has 30 heavy (non-hydrogen) atoms. The number of aryl methyl sites for hydroxylation is 1. The Morgan fingerprint density at radius 3 is 2.73 bits per heavy atom. The van der Waals surface area contributed by atoms with Crippen LogP contribution in [0.4, 0.5) is 10.5 Å². The largest absolute Gasteiger partial charge is 0.337 e. The van der Waals surface area contributed by atoms with E-state index in [9.17, 15) is 4.79 Å². The molecule has 6 nitrogen and oxygen atoms in total. The van der Waals surface area contributed by atoms with E-state index in [-0.39, 0.29) is 6.03 Å². The maximum atomic E-state index is 12.4. The molecular formula is C23H23N5OS. The van der Waals surface area contributed by atoms with Crippen molar-refractivity contribution >= 4 is 23.1 Å². The van der Waals surface area contributed by atoms with E-state index in [2.05, 4.69) is 51.9 Å². The van der Waals surface area contributed by atoms with Gasteiger partial charge in [0.25, 0.3) is 0 Å². The van der Waals surface area contributed by atoms with Crippen molar-refractivity contribution in [3.63, 3.8) is 0 Å². The van der Waals surface area contributed by atoms with Crippen LogP contribution in [0.2, 0.25) is 0 Å². The van der Waals surface area contributed by atoms with Gasteiger partial charge >= 0.3 is 6.03 Å². The molecule has 2 heterocycles. The first-order valence-corrected chi connectivity index (χ1v) is 10.7. The van der Waals surface area contributed by atoms with Crippen molar-refractivity contribution in [2.45, 2.75) is 19.9 Å². The molecule has 0 aliphatic heterocycles. The standard InChI is InChI=1S/C23H23N5OS/c1-17-7-9-18(10-8-17)22-26-20(16-30-22)11-13-24-23(29)27-21-6-3-2-5-19(21)15-28-14-4-12-25-28/h2-10,12,14,16H,11,13,15H2,1H3,(H2,24,27,29). The van der Waals surface area contributed by atoms with Crippen LogP contribution in [0.15, 0.2) is 72.4 Å². The van der Waals surface area contributed by atoms with Gasteiger partial charge in [-0.1, -0.05) is 48.0 Å². The number of nitrogens with zero attached hydrogens (tertiary/aromatic N) is 3. The van der Waals surface area contributed by atoms with Crippen LogP contribution in [-0.2, 0) is 13.0 Å². The van der Waals surface area contributed by atoms with Gasteiger partial charge in [0.1, 0.15) is 5.01 Å². The molecule has 0 bridgehead atoms. The van der Waals surface area contributed by atoms with E-state index in [0.29, 0.717) is 19.5 Å². The van der Waals surface area contributed by atoms with Gasteiger partial charge in [-0.25, -0.2) is 9.78 Å². The van der Waals surface area contributed by atoms with Crippen LogP contribution in [0, 0.1) is 6.92 Å². The summed E-state index contributed by atoms with van der Waals surface area (Å²) in [5.74, 6) is 0. The third-order valence-corrected chi connectivity index (χ3v) is 5.61. The lowest BCUT2D eigenvalue weighted by molar-refractivity contribution is 0.252. The highest BCUT2D eigenvalue weighted by atomic mass is 32.1. The fourth-order valence-electron chi connectivity index (χ4n) is 3.07. The smallest absolute Gasteiger partial charge is 0.319 e. The fraction of sp³-hybridized carbons (Fsp3) is 0.174. The molecule has 0 saturated carbocycles. The van der Waals surface area contributed by atoms with E-state index in [4.69, 9.17) is 0 Å². The van der Waals surface area contributed by atoms with Gasteiger partial charge in [0.2, 0.25) is 0 Å². The minimum absolute atomic E-state index is 0.225. The third kappa shape index (κ3) is 5.12. The molecule has 0 unspecified atom stereocenters. The molecule has 2 aromatic carbocycles. The van der Waals surface area contributed by atoms with Gasteiger partial charge in [-0.05, 0) is 24.6 Å². The molecular weight excluding hydrogens is 394 g/mol. The highest BCUT2D eigenvalue weighted by Gasteiger charge is 2.08. The van der Waals surface area contributed by atoms with Crippen molar-refractivity contribution in [1.82, 2.24) is 20.1 Å². The van der Waals surface area contributed by atoms with Crippen molar-refractivity contribution in [2.75, 3.05) is 11.9 Å². The highest BCUT2D eigenvalue weighted by Crippen LogP contribution is 2.24. The zero-order valence-electron chi connectivity index (χ0n) is 16.7. The third-order valence-electron chi connectivity index (χ3n) is 4.67. The molecule has 4 rings (SSSR count). The Morgan fingerprint density at radius 1 is 1.10 bits per heavy atom. The Bertz CT molecular complexity index is 1100. The summed E-state index contributed by atoms with van der Waals surface area (Å²) in [5.41, 5.74) is 5.11. The Morgan fingerprint density at radius 2 is 1.93 bits per heavy atom. The van der Waals surface area contributed by atoms with Crippen molar-refractivity contribution < 1.29 is 4.79 Å². The van der Waals surface area contributed by atoms with E-state index in [1.165, 1.54) is 5.56 Å². The summed E-state index contributed by atoms with van der Waals surface area (Å²) < 4.78 is 1.83. The number of urea groups is 1. The van der Waals surface area contributed by atoms with Crippen LogP contribution in [-0.4, -0.2) is 27.3 Å². The summed E-state index contributed by atoms with van der Waals surface area (Å²) in [4.78, 5) is 17.0. The molecule has 0 aliphatic rings. The van der Waals surface area contributed by atoms with Crippen molar-refractivity contribution in [2.24, 2.45) is 0 Å². The fourth-order valence-corrected chi connectivity index (χ4v) is 3.93. The van der Waals surface area contributed by atoms with Crippen LogP contribution < -0.4 is 10.6 Å². The number of thiazole rings is 1. The number of nitrogens with one attached hydrogen (secondary N) is 2. The normalized spacial score (nSPS) is 10.7. The van der Waals surface area contributed by atoms with Gasteiger partial charge < -0.3 is 10.6 Å². The first kappa shape index (κ1) is 19.8. The molecule has 0 radical (unpaired) electrons. The average Bonchev–Trinajstić information content (AvgIpc) is 3.42. The van der Waals surface area contributed by atoms with Gasteiger partial charge in [0, 0.05) is 42.0 Å². The number of para-hydroxylation sites is 1. The Kier molecular flexibility index (Phi) is 6.20. The topological polar surface area (TPSA) is 71.8 Å². The Labute approximate surface area is 179 Å². The lowest BCUT2D eigenvalue weighted by Crippen LogP contribution is -2.31. The van der Waals surface area contributed by atoms with Gasteiger partial charge in [0.05, 0.1) is 12.2 Å². The number of amides is 2. The summed E-state index contributed by atoms with van der Waals surface area (Å²) in [6, 6.07) is 17.8. The second-order valence-corrected chi connectivity index (χ2v) is 7.86. The lowest BCUT2D eigenvalue weighted by atomic mass is 10.2. The molecule has 0 saturated heterocycles. The highest BCUT2D eigenvalue weighted by molar-refractivity contribution is 7.13. The summed E-state index contributed by atoms with van der Waals surface area (Å²) in [6.07, 6.45) is 4.33. The molecule has 2 amide bonds. The summed E-state index contributed by atoms with van der Waals surface area (Å²) in [7, 11) is 0. The second-order valence-electron chi connectivity index (χ2n) is 7.00. The van der Waals surface area contributed by atoms with Crippen LogP contribution in [0.5, 0.6) is 0 Å². The van der Waals surface area contributed by atoms with Gasteiger partial charge in [-0.3, -0.25) is 4.68 Å². The lowest BCUT2D eigenvalue weighted by Gasteiger charge is -2.12. The Hall–Kier alpha value is -3.45. The number of benzene rings is 2. The molecule has 2 N–H and O–H groups in total. The van der Waals surface area contributed by atoms with Gasteiger partial charge in [0.15, 0.2) is 0 Å².